The Kier molecular flexibility index (Phi) is 11.6. The molecule has 0 amide bonds. The Labute approximate surface area is 288 Å². The van der Waals surface area contributed by atoms with Crippen molar-refractivity contribution in [1.29, 1.82) is 0 Å². The van der Waals surface area contributed by atoms with Gasteiger partial charge in [0.15, 0.2) is 17.4 Å². The zero-order valence-corrected chi connectivity index (χ0v) is 29.1. The lowest BCUT2D eigenvalue weighted by Crippen LogP contribution is -2.44. The summed E-state index contributed by atoms with van der Waals surface area (Å²) < 4.78 is 44.4. The number of rotatable bonds is 15. The summed E-state index contributed by atoms with van der Waals surface area (Å²) in [7, 11) is -3.07. The third-order valence-electron chi connectivity index (χ3n) is 8.03. The number of ether oxygens (including phenoxy) is 4. The molecule has 2 aromatic heterocycles. The molecule has 4 aromatic rings. The van der Waals surface area contributed by atoms with Gasteiger partial charge in [0, 0.05) is 0 Å². The number of aromatic nitrogens is 4. The number of aryl methyl sites for hydroxylation is 1. The first-order valence-electron chi connectivity index (χ1n) is 16.0. The molecule has 4 N–H and O–H groups in total. The third kappa shape index (κ3) is 7.87. The van der Waals surface area contributed by atoms with Crippen LogP contribution in [-0.2, 0) is 32.9 Å². The topological polar surface area (TPSA) is 205 Å². The van der Waals surface area contributed by atoms with Crippen LogP contribution in [0.4, 0.5) is 0 Å². The van der Waals surface area contributed by atoms with Crippen molar-refractivity contribution >= 4 is 30.8 Å². The van der Waals surface area contributed by atoms with Crippen LogP contribution in [0.5, 0.6) is 5.88 Å². The molecule has 3 heterocycles. The highest BCUT2D eigenvalue weighted by molar-refractivity contribution is 7.54. The first kappa shape index (κ1) is 37.0. The monoisotopic (exact) mass is 712 g/mol. The van der Waals surface area contributed by atoms with Crippen LogP contribution in [0.2, 0.25) is 0 Å². The van der Waals surface area contributed by atoms with Gasteiger partial charge in [-0.2, -0.15) is 4.98 Å². The molecule has 0 radical (unpaired) electrons. The van der Waals surface area contributed by atoms with Gasteiger partial charge in [0.05, 0.1) is 33.3 Å². The minimum absolute atomic E-state index is 0.0374. The van der Waals surface area contributed by atoms with E-state index in [0.29, 0.717) is 22.5 Å². The van der Waals surface area contributed by atoms with Gasteiger partial charge in [-0.05, 0) is 38.8 Å². The highest BCUT2D eigenvalue weighted by Crippen LogP contribution is 2.47. The molecule has 2 unspecified atom stereocenters. The zero-order chi connectivity index (χ0) is 36.1. The molecule has 1 fully saturated rings. The number of methoxy groups -OCH3 is 1. The summed E-state index contributed by atoms with van der Waals surface area (Å²) in [5, 5.41) is 28.4. The molecule has 5 rings (SSSR count). The Morgan fingerprint density at radius 2 is 1.52 bits per heavy atom. The van der Waals surface area contributed by atoms with E-state index in [0.717, 1.165) is 0 Å². The maximum Gasteiger partial charge on any atom is 0.342 e. The maximum atomic E-state index is 14.9. The maximum absolute atomic E-state index is 14.9. The van der Waals surface area contributed by atoms with Crippen LogP contribution in [0.3, 0.4) is 0 Å². The molecule has 0 aliphatic carbocycles. The Morgan fingerprint density at radius 3 is 2.02 bits per heavy atom. The van der Waals surface area contributed by atoms with Gasteiger partial charge < -0.3 is 33.7 Å². The van der Waals surface area contributed by atoms with Crippen molar-refractivity contribution < 1.29 is 47.8 Å². The predicted molar refractivity (Wildman–Crippen MR) is 179 cm³/mol. The van der Waals surface area contributed by atoms with E-state index in [1.807, 2.05) is 0 Å². The van der Waals surface area contributed by atoms with Crippen LogP contribution in [0.1, 0.15) is 56.0 Å². The predicted octanol–water partition coefficient (Wildman–Crippen LogP) is 3.07. The molecule has 1 aliphatic rings. The summed E-state index contributed by atoms with van der Waals surface area (Å²) >= 11 is 0. The van der Waals surface area contributed by atoms with Crippen LogP contribution in [-0.4, -0.2) is 86.4 Å². The smallest absolute Gasteiger partial charge is 0.342 e. The summed E-state index contributed by atoms with van der Waals surface area (Å²) in [5.74, 6) is -0.920. The number of nitrogens with zero attached hydrogens (tertiary/aromatic N) is 4. The van der Waals surface area contributed by atoms with E-state index in [2.05, 4.69) is 25.1 Å². The summed E-state index contributed by atoms with van der Waals surface area (Å²) in [6.07, 6.45) is -2.71. The van der Waals surface area contributed by atoms with Gasteiger partial charge in [0.1, 0.15) is 35.7 Å². The quantitative estimate of drug-likeness (QED) is 0.103. The van der Waals surface area contributed by atoms with Gasteiger partial charge in [-0.3, -0.25) is 9.13 Å². The number of imidazole rings is 1. The molecule has 50 heavy (non-hydrogen) atoms. The Hall–Kier alpha value is -4.28. The molecule has 1 aliphatic heterocycles. The molecule has 1 saturated heterocycles. The van der Waals surface area contributed by atoms with Gasteiger partial charge >= 0.3 is 19.6 Å². The zero-order valence-electron chi connectivity index (χ0n) is 28.3. The largest absolute Gasteiger partial charge is 0.479 e. The fraction of sp³-hybridized carbons (Fsp3) is 0.424. The second-order valence-corrected chi connectivity index (χ2v) is 13.5. The highest BCUT2D eigenvalue weighted by atomic mass is 31.2. The number of hydrogen-bond acceptors (Lipinski definition) is 13. The van der Waals surface area contributed by atoms with Crippen LogP contribution < -0.4 is 14.9 Å². The number of aliphatic hydroxyl groups is 2. The van der Waals surface area contributed by atoms with Gasteiger partial charge in [-0.1, -0.05) is 60.7 Å². The van der Waals surface area contributed by atoms with Crippen molar-refractivity contribution in [2.75, 3.05) is 26.9 Å². The third-order valence-corrected chi connectivity index (χ3v) is 9.74. The summed E-state index contributed by atoms with van der Waals surface area (Å²) in [4.78, 5) is 39.5. The first-order chi connectivity index (χ1) is 23.9. The van der Waals surface area contributed by atoms with Crippen molar-refractivity contribution in [3.05, 3.63) is 83.9 Å². The number of nitrogens with one attached hydrogen (secondary N) is 2. The number of aliphatic hydroxyl groups excluding tert-OH is 1. The molecule has 16 nitrogen and oxygen atoms in total. The number of carbonyl (C=O) groups is 2. The van der Waals surface area contributed by atoms with Crippen LogP contribution >= 0.6 is 7.67 Å². The Morgan fingerprint density at radius 1 is 0.980 bits per heavy atom. The highest BCUT2D eigenvalue weighted by Gasteiger charge is 2.54. The fourth-order valence-electron chi connectivity index (χ4n) is 5.59. The summed E-state index contributed by atoms with van der Waals surface area (Å²) in [5.41, 5.74) is -0.523. The minimum Gasteiger partial charge on any atom is -0.479 e. The lowest BCUT2D eigenvalue weighted by molar-refractivity contribution is -0.145. The van der Waals surface area contributed by atoms with E-state index in [4.69, 9.17) is 23.5 Å². The van der Waals surface area contributed by atoms with E-state index < -0.39 is 62.3 Å². The molecule has 268 valence electrons. The lowest BCUT2D eigenvalue weighted by atomic mass is 9.96. The van der Waals surface area contributed by atoms with Crippen molar-refractivity contribution in [3.63, 3.8) is 0 Å². The normalized spacial score (nSPS) is 22.8. The summed E-state index contributed by atoms with van der Waals surface area (Å²) in [6.45, 7) is 5.79. The molecule has 2 aromatic carbocycles. The number of carbonyl (C=O) groups excluding carboxylic acids is 2. The lowest BCUT2D eigenvalue weighted by Gasteiger charge is -2.30. The average molecular weight is 713 g/mol. The average Bonchev–Trinajstić information content (AvgIpc) is 3.62. The van der Waals surface area contributed by atoms with Gasteiger partial charge in [-0.15, -0.1) is 0 Å². The number of fused-ring (bicyclic) bond motifs is 1. The van der Waals surface area contributed by atoms with Gasteiger partial charge in [0.25, 0.3) is 0 Å². The fourth-order valence-corrected chi connectivity index (χ4v) is 7.35. The molecule has 17 heteroatoms. The second-order valence-electron chi connectivity index (χ2n) is 11.6. The van der Waals surface area contributed by atoms with E-state index in [1.165, 1.54) is 24.9 Å². The molecule has 0 bridgehead atoms. The number of benzene rings is 2. The molecular weight excluding hydrogens is 671 g/mol. The number of hydrogen-bond donors (Lipinski definition) is 4. The molecule has 7 atom stereocenters. The van der Waals surface area contributed by atoms with E-state index in [9.17, 15) is 24.4 Å². The van der Waals surface area contributed by atoms with Gasteiger partial charge in [0.2, 0.25) is 5.88 Å². The standard InChI is InChI=1S/C33H41N6O10P/c1-6-46-30(41)24(21-14-10-8-11-15-21)37-50(44,38-25(31(42)47-7-2)22-16-12-9-13-17-22)48-18-23-27(40)33(4,43)32(49-23)39-19-34-26-28(39)35-20(3)36-29(26)45-5/h8-17,19,23-25,27,32,40,43H,6-7,18H2,1-5H3,(H2,37,38,44)/t23-,24-,25+,27?,32-,33+,50?/m1/s1. The molecular formula is C33H41N6O10P. The van der Waals surface area contributed by atoms with Gasteiger partial charge in [-0.25, -0.2) is 29.7 Å². The van der Waals surface area contributed by atoms with Crippen molar-refractivity contribution in [3.8, 4) is 5.88 Å². The summed E-state index contributed by atoms with van der Waals surface area (Å²) in [6, 6.07) is 14.2. The van der Waals surface area contributed by atoms with Crippen LogP contribution in [0.15, 0.2) is 67.0 Å². The minimum atomic E-state index is -4.51. The SMILES string of the molecule is CCOC(=O)[C@@H](NP(=O)(N[C@@H](C(=O)OCC)c1ccccc1)OC[C@H]1O[C@@H](n2cnc3c(OC)nc(C)nc32)[C@@](C)(O)C1O)c1ccccc1. The van der Waals surface area contributed by atoms with E-state index in [-0.39, 0.29) is 24.7 Å². The van der Waals surface area contributed by atoms with E-state index in [1.54, 1.807) is 81.4 Å². The first-order valence-corrected chi connectivity index (χ1v) is 17.6. The Bertz CT molecular complexity index is 1760. The van der Waals surface area contributed by atoms with E-state index >= 15 is 0 Å². The Balaban J connectivity index is 1.49. The van der Waals surface area contributed by atoms with Crippen LogP contribution in [0.25, 0.3) is 11.2 Å². The van der Waals surface area contributed by atoms with Crippen molar-refractivity contribution in [2.24, 2.45) is 0 Å². The molecule has 0 saturated carbocycles. The number of esters is 2. The second kappa shape index (κ2) is 15.7. The van der Waals surface area contributed by atoms with Crippen molar-refractivity contribution in [2.45, 2.75) is 63.8 Å². The van der Waals surface area contributed by atoms with Crippen LogP contribution in [0, 0.1) is 6.92 Å². The molecule has 0 spiro atoms. The van der Waals surface area contributed by atoms with Crippen molar-refractivity contribution in [1.82, 2.24) is 29.7 Å².